The van der Waals surface area contributed by atoms with Gasteiger partial charge in [-0.25, -0.2) is 0 Å². The van der Waals surface area contributed by atoms with E-state index in [4.69, 9.17) is 4.42 Å². The van der Waals surface area contributed by atoms with Crippen molar-refractivity contribution in [2.24, 2.45) is 0 Å². The number of hydrogen-bond acceptors (Lipinski definition) is 2. The number of furan rings is 1. The first kappa shape index (κ1) is 7.87. The van der Waals surface area contributed by atoms with Gasteiger partial charge < -0.3 is 4.42 Å². The molecule has 2 rings (SSSR count). The fourth-order valence-corrected chi connectivity index (χ4v) is 2.05. The number of likely N-dealkylation sites (tertiary alicyclic amines) is 1. The van der Waals surface area contributed by atoms with Gasteiger partial charge in [-0.2, -0.15) is 0 Å². The molecule has 1 fully saturated rings. The smallest absolute Gasteiger partial charge is 0.0950 e. The summed E-state index contributed by atoms with van der Waals surface area (Å²) in [5, 5.41) is 0. The fraction of sp³-hybridized carbons (Fsp3) is 0.600. The van der Waals surface area contributed by atoms with Crippen molar-refractivity contribution >= 4 is 0 Å². The molecule has 1 saturated heterocycles. The second-order valence-electron chi connectivity index (χ2n) is 3.34. The molecule has 1 aliphatic heterocycles. The SMILES string of the molecule is CCN1CCC[C@@H]1c1ccoc1. The lowest BCUT2D eigenvalue weighted by Gasteiger charge is -2.21. The predicted molar refractivity (Wildman–Crippen MR) is 47.9 cm³/mol. The van der Waals surface area contributed by atoms with E-state index in [1.54, 1.807) is 6.26 Å². The van der Waals surface area contributed by atoms with E-state index in [1.807, 2.05) is 6.26 Å². The lowest BCUT2D eigenvalue weighted by Crippen LogP contribution is -2.22. The Morgan fingerprint density at radius 2 is 2.58 bits per heavy atom. The zero-order valence-electron chi connectivity index (χ0n) is 7.49. The van der Waals surface area contributed by atoms with Gasteiger partial charge in [0.15, 0.2) is 0 Å². The zero-order valence-corrected chi connectivity index (χ0v) is 7.49. The Bertz CT molecular complexity index is 230. The van der Waals surface area contributed by atoms with Crippen LogP contribution in [0.15, 0.2) is 23.0 Å². The van der Waals surface area contributed by atoms with Crippen LogP contribution in [0.5, 0.6) is 0 Å². The minimum Gasteiger partial charge on any atom is -0.472 e. The molecule has 0 spiro atoms. The van der Waals surface area contributed by atoms with Gasteiger partial charge in [0.25, 0.3) is 0 Å². The molecule has 1 atom stereocenters. The van der Waals surface area contributed by atoms with Gasteiger partial charge in [0.1, 0.15) is 0 Å². The van der Waals surface area contributed by atoms with E-state index in [0.29, 0.717) is 6.04 Å². The molecule has 0 amide bonds. The summed E-state index contributed by atoms with van der Waals surface area (Å²) in [5.41, 5.74) is 1.34. The summed E-state index contributed by atoms with van der Waals surface area (Å²) in [6.45, 7) is 4.61. The first-order chi connectivity index (χ1) is 5.92. The molecule has 0 radical (unpaired) electrons. The minimum atomic E-state index is 0.619. The Hall–Kier alpha value is -0.760. The first-order valence-electron chi connectivity index (χ1n) is 4.68. The van der Waals surface area contributed by atoms with Crippen LogP contribution in [0.2, 0.25) is 0 Å². The molecule has 0 aromatic carbocycles. The van der Waals surface area contributed by atoms with E-state index in [0.717, 1.165) is 6.54 Å². The van der Waals surface area contributed by atoms with Crippen molar-refractivity contribution in [1.82, 2.24) is 4.90 Å². The van der Waals surface area contributed by atoms with Gasteiger partial charge in [-0.1, -0.05) is 6.92 Å². The van der Waals surface area contributed by atoms with Gasteiger partial charge in [0.05, 0.1) is 12.5 Å². The van der Waals surface area contributed by atoms with E-state index in [9.17, 15) is 0 Å². The topological polar surface area (TPSA) is 16.4 Å². The molecular formula is C10H15NO. The lowest BCUT2D eigenvalue weighted by molar-refractivity contribution is 0.270. The Labute approximate surface area is 73.2 Å². The molecule has 1 aromatic rings. The van der Waals surface area contributed by atoms with Crippen LogP contribution in [0.4, 0.5) is 0 Å². The van der Waals surface area contributed by atoms with Crippen LogP contribution < -0.4 is 0 Å². The average molecular weight is 165 g/mol. The highest BCUT2D eigenvalue weighted by molar-refractivity contribution is 5.13. The van der Waals surface area contributed by atoms with Crippen molar-refractivity contribution in [3.05, 3.63) is 24.2 Å². The van der Waals surface area contributed by atoms with Crippen molar-refractivity contribution in [3.63, 3.8) is 0 Å². The molecule has 1 aromatic heterocycles. The Morgan fingerprint density at radius 1 is 1.67 bits per heavy atom. The molecule has 0 aliphatic carbocycles. The summed E-state index contributed by atoms with van der Waals surface area (Å²) in [4.78, 5) is 2.50. The summed E-state index contributed by atoms with van der Waals surface area (Å²) >= 11 is 0. The fourth-order valence-electron chi connectivity index (χ4n) is 2.05. The zero-order chi connectivity index (χ0) is 8.39. The Kier molecular flexibility index (Phi) is 2.17. The van der Waals surface area contributed by atoms with Crippen LogP contribution in [0.25, 0.3) is 0 Å². The van der Waals surface area contributed by atoms with Crippen molar-refractivity contribution in [2.45, 2.75) is 25.8 Å². The highest BCUT2D eigenvalue weighted by Crippen LogP contribution is 2.31. The maximum absolute atomic E-state index is 5.09. The molecule has 12 heavy (non-hydrogen) atoms. The maximum Gasteiger partial charge on any atom is 0.0950 e. The van der Waals surface area contributed by atoms with E-state index < -0.39 is 0 Å². The van der Waals surface area contributed by atoms with Crippen LogP contribution in [0, 0.1) is 0 Å². The van der Waals surface area contributed by atoms with Crippen molar-refractivity contribution < 1.29 is 4.42 Å². The average Bonchev–Trinajstić information content (AvgIpc) is 2.74. The van der Waals surface area contributed by atoms with E-state index in [-0.39, 0.29) is 0 Å². The van der Waals surface area contributed by atoms with Gasteiger partial charge in [-0.3, -0.25) is 4.90 Å². The molecule has 0 unspecified atom stereocenters. The third-order valence-electron chi connectivity index (χ3n) is 2.70. The largest absolute Gasteiger partial charge is 0.472 e. The van der Waals surface area contributed by atoms with Gasteiger partial charge in [0, 0.05) is 11.6 Å². The summed E-state index contributed by atoms with van der Waals surface area (Å²) < 4.78 is 5.09. The van der Waals surface area contributed by atoms with Crippen LogP contribution in [-0.4, -0.2) is 18.0 Å². The molecule has 0 saturated carbocycles. The second-order valence-corrected chi connectivity index (χ2v) is 3.34. The summed E-state index contributed by atoms with van der Waals surface area (Å²) in [5.74, 6) is 0. The normalized spacial score (nSPS) is 24.9. The van der Waals surface area contributed by atoms with Crippen LogP contribution in [-0.2, 0) is 0 Å². The molecule has 1 aliphatic rings. The van der Waals surface area contributed by atoms with Gasteiger partial charge in [-0.05, 0) is 32.0 Å². The van der Waals surface area contributed by atoms with Gasteiger partial charge >= 0.3 is 0 Å². The summed E-state index contributed by atoms with van der Waals surface area (Å²) in [6, 6.07) is 2.70. The van der Waals surface area contributed by atoms with Gasteiger partial charge in [0.2, 0.25) is 0 Å². The van der Waals surface area contributed by atoms with Gasteiger partial charge in [-0.15, -0.1) is 0 Å². The monoisotopic (exact) mass is 165 g/mol. The standard InChI is InChI=1S/C10H15NO/c1-2-11-6-3-4-10(11)9-5-7-12-8-9/h5,7-8,10H,2-4,6H2,1H3/t10-/m1/s1. The summed E-state index contributed by atoms with van der Waals surface area (Å²) in [6.07, 6.45) is 6.25. The Balaban J connectivity index is 2.13. The molecule has 66 valence electrons. The third kappa shape index (κ3) is 1.27. The lowest BCUT2D eigenvalue weighted by atomic mass is 10.1. The Morgan fingerprint density at radius 3 is 3.25 bits per heavy atom. The molecule has 2 heteroatoms. The van der Waals surface area contributed by atoms with Crippen molar-refractivity contribution in [2.75, 3.05) is 13.1 Å². The molecular weight excluding hydrogens is 150 g/mol. The highest BCUT2D eigenvalue weighted by Gasteiger charge is 2.24. The van der Waals surface area contributed by atoms with Crippen LogP contribution in [0.3, 0.4) is 0 Å². The van der Waals surface area contributed by atoms with Crippen molar-refractivity contribution in [1.29, 1.82) is 0 Å². The first-order valence-corrected chi connectivity index (χ1v) is 4.68. The number of nitrogens with zero attached hydrogens (tertiary/aromatic N) is 1. The van der Waals surface area contributed by atoms with Crippen LogP contribution in [0.1, 0.15) is 31.4 Å². The third-order valence-corrected chi connectivity index (χ3v) is 2.70. The summed E-state index contributed by atoms with van der Waals surface area (Å²) in [7, 11) is 0. The molecule has 0 N–H and O–H groups in total. The molecule has 2 heterocycles. The predicted octanol–water partition coefficient (Wildman–Crippen LogP) is 2.44. The number of hydrogen-bond donors (Lipinski definition) is 0. The van der Waals surface area contributed by atoms with E-state index in [1.165, 1.54) is 24.9 Å². The second kappa shape index (κ2) is 3.31. The van der Waals surface area contributed by atoms with Crippen LogP contribution >= 0.6 is 0 Å². The minimum absolute atomic E-state index is 0.619. The quantitative estimate of drug-likeness (QED) is 0.669. The maximum atomic E-state index is 5.09. The van der Waals surface area contributed by atoms with E-state index >= 15 is 0 Å². The molecule has 2 nitrogen and oxygen atoms in total. The molecule has 0 bridgehead atoms. The van der Waals surface area contributed by atoms with E-state index in [2.05, 4.69) is 17.9 Å². The number of rotatable bonds is 2. The van der Waals surface area contributed by atoms with Crippen molar-refractivity contribution in [3.8, 4) is 0 Å². The highest BCUT2D eigenvalue weighted by atomic mass is 16.3.